The standard InChI is InChI=1S/C93H131N19O23S/c1-8-10-23-72-87(127)102-64(31-34-80(119)120)85(125)107-70(75(114)32-33-77(97)116)49-136-50-79(118)100-66(39-52-27-29-57(135-7)30-28-52)89(129)108(4)51(3)82(122)104-68(45-78(98)117)91(131)111-38-18-26-73(111)88(128)106-69(46-96)86(126)101-63(22-16-17-36-94)81(121)60-43-56(113)44-61(60)84(124)103-65(40-54-47-99-62-21-14-12-19-58(54)62)76(115)42-53(35-37-95)83(123)105-67(90(130)110(6)74(24-11-9-2)92(132)109(72)5)41-55-48-112(93(133)134)71-25-15-13-20-59(55)71/h12-15,19-21,25,27-30,47-48,51,53,56,60-61,63-70,72-74,99,113H,8-11,16-18,22-24,26,31-46,49-50,94-96H2,1-7H3,(H2,97,116)(H2,98,117)(H,100,118)(H,101,126)(H,102,127)(H,103,124)(H,104,122)(H,105,123)(H,106,128)(H,107,125)(H,119,120)(H,133,134)/t51-,53+,56-,60?,61+,63-,64-,65-,66-,67?,68-,69-,70-,72-,73-,74-/m0/s1. The molecule has 0 spiro atoms. The zero-order chi connectivity index (χ0) is 99.9. The summed E-state index contributed by atoms with van der Waals surface area (Å²) in [5, 5.41) is 54.3. The van der Waals surface area contributed by atoms with Gasteiger partial charge in [-0.2, -0.15) is 0 Å². The van der Waals surface area contributed by atoms with Gasteiger partial charge in [0.05, 0.1) is 54.9 Å². The number of para-hydroxylation sites is 2. The molecular weight excluding hydrogens is 1780 g/mol. The van der Waals surface area contributed by atoms with Crippen LogP contribution in [0.1, 0.15) is 166 Å². The number of Topliss-reactive ketones (excluding diaryl/α,β-unsaturated/α-hetero) is 3. The van der Waals surface area contributed by atoms with Crippen LogP contribution in [0.15, 0.2) is 85.2 Å². The second kappa shape index (κ2) is 52.4. The van der Waals surface area contributed by atoms with Gasteiger partial charge in [-0.1, -0.05) is 88.1 Å². The lowest BCUT2D eigenvalue weighted by atomic mass is 9.85. The Balaban J connectivity index is 1.21. The molecule has 2 aromatic heterocycles. The van der Waals surface area contributed by atoms with Gasteiger partial charge >= 0.3 is 12.1 Å². The van der Waals surface area contributed by atoms with E-state index in [1.165, 1.54) is 47.4 Å². The number of aliphatic carboxylic acids is 1. The molecule has 14 amide bonds. The Morgan fingerprint density at radius 2 is 1.14 bits per heavy atom. The number of nitrogens with one attached hydrogen (secondary N) is 9. The van der Waals surface area contributed by atoms with Crippen molar-refractivity contribution in [1.29, 1.82) is 0 Å². The predicted molar refractivity (Wildman–Crippen MR) is 500 cm³/mol. The second-order valence-electron chi connectivity index (χ2n) is 35.0. The number of methoxy groups -OCH3 is 1. The van der Waals surface area contributed by atoms with E-state index in [0.29, 0.717) is 52.4 Å². The number of unbranched alkanes of at least 4 members (excludes halogenated alkanes) is 3. The number of rotatable bonds is 29. The Hall–Kier alpha value is -12.7. The van der Waals surface area contributed by atoms with E-state index in [9.17, 15) is 72.9 Å². The monoisotopic (exact) mass is 1910 g/mol. The first-order chi connectivity index (χ1) is 64.8. The molecule has 1 saturated carbocycles. The number of aromatic nitrogens is 2. The normalized spacial score (nSPS) is 25.2. The molecule has 4 heterocycles. The number of amides is 14. The van der Waals surface area contributed by atoms with E-state index in [1.807, 2.05) is 6.92 Å². The number of fused-ring (bicyclic) bond motifs is 4. The number of thioether (sulfide) groups is 1. The number of ether oxygens (including phenoxy) is 1. The molecule has 2 saturated heterocycles. The summed E-state index contributed by atoms with van der Waals surface area (Å²) < 4.78 is 6.25. The Bertz CT molecular complexity index is 5120. The average Bonchev–Trinajstić information content (AvgIpc) is 1.63. The number of H-pyrrole nitrogens is 1. The van der Waals surface area contributed by atoms with Gasteiger partial charge in [0.15, 0.2) is 17.3 Å². The summed E-state index contributed by atoms with van der Waals surface area (Å²) in [6, 6.07) is 0.967. The third-order valence-corrected chi connectivity index (χ3v) is 26.3. The minimum Gasteiger partial charge on any atom is -0.497 e. The number of primary amides is 2. The number of ketones is 3. The van der Waals surface area contributed by atoms with E-state index in [4.69, 9.17) is 33.4 Å². The lowest BCUT2D eigenvalue weighted by molar-refractivity contribution is -0.149. The van der Waals surface area contributed by atoms with Gasteiger partial charge in [-0.3, -0.25) is 90.9 Å². The van der Waals surface area contributed by atoms with E-state index >= 15 is 33.6 Å². The first-order valence-corrected chi connectivity index (χ1v) is 47.2. The Kier molecular flexibility index (Phi) is 41.8. The number of likely N-dealkylation sites (N-methyl/N-ethyl adjacent to an activating group) is 3. The van der Waals surface area contributed by atoms with Crippen molar-refractivity contribution >= 4 is 146 Å². The molecule has 1 aliphatic carbocycles. The maximum absolute atomic E-state index is 15.9. The van der Waals surface area contributed by atoms with E-state index in [-0.39, 0.29) is 114 Å². The zero-order valence-corrected chi connectivity index (χ0v) is 78.7. The molecule has 16 atom stereocenters. The fraction of sp³-hybridized carbons (Fsp3) is 0.559. The molecule has 3 aromatic carbocycles. The maximum Gasteiger partial charge on any atom is 0.416 e. The van der Waals surface area contributed by atoms with Crippen LogP contribution in [-0.4, -0.2) is 301 Å². The van der Waals surface area contributed by atoms with Crippen LogP contribution in [0.25, 0.3) is 21.8 Å². The van der Waals surface area contributed by atoms with Crippen LogP contribution in [-0.2, 0) is 106 Å². The van der Waals surface area contributed by atoms with Crippen molar-refractivity contribution in [2.75, 3.05) is 65.9 Å². The summed E-state index contributed by atoms with van der Waals surface area (Å²) in [5.41, 5.74) is 31.6. The van der Waals surface area contributed by atoms with Crippen molar-refractivity contribution in [2.45, 2.75) is 247 Å². The minimum atomic E-state index is -1.78. The van der Waals surface area contributed by atoms with Gasteiger partial charge in [-0.05, 0) is 132 Å². The van der Waals surface area contributed by atoms with Crippen LogP contribution in [0.4, 0.5) is 4.79 Å². The summed E-state index contributed by atoms with van der Waals surface area (Å²) in [6.45, 7) is 4.07. The van der Waals surface area contributed by atoms with Gasteiger partial charge < -0.3 is 116 Å². The summed E-state index contributed by atoms with van der Waals surface area (Å²) in [7, 11) is 5.21. The van der Waals surface area contributed by atoms with Crippen LogP contribution in [0.2, 0.25) is 0 Å². The first kappa shape index (κ1) is 109. The quantitative estimate of drug-likeness (QED) is 0.0274. The number of aromatic amines is 1. The lowest BCUT2D eigenvalue weighted by Crippen LogP contribution is -2.60. The van der Waals surface area contributed by atoms with Crippen LogP contribution in [0.3, 0.4) is 0 Å². The number of nitrogens with zero attached hydrogens (tertiary/aromatic N) is 5. The summed E-state index contributed by atoms with van der Waals surface area (Å²) >= 11 is 0.754. The van der Waals surface area contributed by atoms with Gasteiger partial charge in [-0.15, -0.1) is 11.8 Å². The topological polar surface area (TPSA) is 654 Å². The number of nitrogens with two attached hydrogens (primary N) is 5. The number of hydrogen-bond acceptors (Lipinski definition) is 25. The van der Waals surface area contributed by atoms with Crippen LogP contribution in [0, 0.1) is 17.8 Å². The van der Waals surface area contributed by atoms with Gasteiger partial charge in [-0.25, -0.2) is 4.79 Å². The van der Waals surface area contributed by atoms with Gasteiger partial charge in [0.25, 0.3) is 0 Å². The third kappa shape index (κ3) is 29.9. The molecule has 3 aliphatic rings. The Morgan fingerprint density at radius 3 is 1.79 bits per heavy atom. The molecular formula is C93H131N19O23S. The largest absolute Gasteiger partial charge is 0.497 e. The number of hydrogen-bond donors (Lipinski definition) is 17. The van der Waals surface area contributed by atoms with Crippen molar-refractivity contribution in [3.63, 3.8) is 0 Å². The van der Waals surface area contributed by atoms with Crippen molar-refractivity contribution in [2.24, 2.45) is 46.4 Å². The summed E-state index contributed by atoms with van der Waals surface area (Å²) in [4.78, 5) is 283. The Morgan fingerprint density at radius 1 is 0.537 bits per heavy atom. The van der Waals surface area contributed by atoms with Crippen molar-refractivity contribution < 1.29 is 111 Å². The van der Waals surface area contributed by atoms with E-state index < -0.39 is 271 Å². The number of carboxylic acids is 1. The van der Waals surface area contributed by atoms with Gasteiger partial charge in [0.1, 0.15) is 60.1 Å². The van der Waals surface area contributed by atoms with Crippen molar-refractivity contribution in [1.82, 2.24) is 71.7 Å². The molecule has 42 nitrogen and oxygen atoms in total. The number of carboxylic acid groups (broad SMARTS) is 2. The highest BCUT2D eigenvalue weighted by atomic mass is 32.2. The molecule has 136 heavy (non-hydrogen) atoms. The highest BCUT2D eigenvalue weighted by molar-refractivity contribution is 8.00. The van der Waals surface area contributed by atoms with E-state index in [1.54, 1.807) is 79.9 Å². The summed E-state index contributed by atoms with van der Waals surface area (Å²) in [6.07, 6.45) is -3.67. The smallest absolute Gasteiger partial charge is 0.416 e. The van der Waals surface area contributed by atoms with Gasteiger partial charge in [0.2, 0.25) is 82.7 Å². The first-order valence-electron chi connectivity index (χ1n) is 46.0. The van der Waals surface area contributed by atoms with E-state index in [2.05, 4.69) is 47.5 Å². The molecule has 22 N–H and O–H groups in total. The number of benzene rings is 3. The fourth-order valence-electron chi connectivity index (χ4n) is 17.5. The Labute approximate surface area is 791 Å². The fourth-order valence-corrected chi connectivity index (χ4v) is 18.3. The molecule has 43 heteroatoms. The van der Waals surface area contributed by atoms with Gasteiger partial charge in [0, 0.05) is 125 Å². The number of aliphatic hydroxyl groups excluding tert-OH is 1. The predicted octanol–water partition coefficient (Wildman–Crippen LogP) is -0.274. The second-order valence-corrected chi connectivity index (χ2v) is 36.0. The van der Waals surface area contributed by atoms with Crippen molar-refractivity contribution in [3.8, 4) is 5.75 Å². The minimum absolute atomic E-state index is 0.0216. The molecule has 5 aromatic rings. The lowest BCUT2D eigenvalue weighted by Gasteiger charge is -2.36. The molecule has 2 unspecified atom stereocenters. The zero-order valence-electron chi connectivity index (χ0n) is 77.9. The molecule has 0 radical (unpaired) electrons. The number of aliphatic hydroxyl groups is 1. The number of carbonyl (C=O) groups excluding carboxylic acids is 17. The third-order valence-electron chi connectivity index (χ3n) is 25.3. The SMILES string of the molecule is CCCC[C@H]1C(=O)N(C)[C@@H](CCCC)C(=O)N[C@@H](CCC(=O)O)C(=O)N[C@H](C(=O)CCC(N)=O)CSCC(=O)N[C@@H](Cc2ccc(OC)cc2)C(=O)N(C)[C@@H](C)C(=O)N[C@@H](CC(N)=O)C(=O)N2CCC[C@H]2C(=O)N[C@@H](CN)C(=O)N[C@@H](CCCCN)C(=O)C2C[C@H](O)C[C@H]2C(=O)N[C@@H](Cc2c[nH]c3ccccc23)C(=O)C[C@@H](CCN)C(=O)NC(Cc2cn(C(=O)O)c3ccccc23)C(=O)N1C. The van der Waals surface area contributed by atoms with Crippen molar-refractivity contribution in [3.05, 3.63) is 102 Å². The van der Waals surface area contributed by atoms with E-state index in [0.717, 1.165) is 35.9 Å². The average molecular weight is 1920 g/mol. The highest BCUT2D eigenvalue weighted by Crippen LogP contribution is 2.36. The van der Waals surface area contributed by atoms with Crippen LogP contribution >= 0.6 is 11.8 Å². The van der Waals surface area contributed by atoms with Crippen LogP contribution in [0.5, 0.6) is 5.75 Å². The maximum atomic E-state index is 15.9. The number of carbonyl (C=O) groups is 19. The molecule has 742 valence electrons. The molecule has 2 aliphatic heterocycles. The van der Waals surface area contributed by atoms with Crippen LogP contribution < -0.4 is 75.9 Å². The molecule has 3 fully saturated rings. The highest BCUT2D eigenvalue weighted by Gasteiger charge is 2.48. The molecule has 0 bridgehead atoms. The molecule has 8 rings (SSSR count). The summed E-state index contributed by atoms with van der Waals surface area (Å²) in [5.74, 6) is -21.7.